The number of aliphatic hydroxyl groups is 1. The molecule has 33 heavy (non-hydrogen) atoms. The number of aromatic nitrogens is 2. The van der Waals surface area contributed by atoms with Crippen LogP contribution in [0, 0.1) is 12.7 Å². The van der Waals surface area contributed by atoms with Crippen molar-refractivity contribution in [1.29, 1.82) is 0 Å². The number of imidazole rings is 1. The monoisotopic (exact) mass is 456 g/mol. The number of imide groups is 1. The molecule has 1 aliphatic heterocycles. The van der Waals surface area contributed by atoms with Crippen LogP contribution in [-0.4, -0.2) is 51.7 Å². The van der Waals surface area contributed by atoms with Gasteiger partial charge in [-0.2, -0.15) is 0 Å². The Hall–Kier alpha value is -3.72. The van der Waals surface area contributed by atoms with E-state index in [1.807, 2.05) is 51.1 Å². The van der Waals surface area contributed by atoms with E-state index in [-0.39, 0.29) is 31.4 Å². The summed E-state index contributed by atoms with van der Waals surface area (Å²) >= 11 is 0. The fourth-order valence-electron chi connectivity index (χ4n) is 2.86. The third kappa shape index (κ3) is 7.43. The van der Waals surface area contributed by atoms with Crippen LogP contribution < -0.4 is 10.1 Å². The zero-order valence-electron chi connectivity index (χ0n) is 19.0. The van der Waals surface area contributed by atoms with Gasteiger partial charge in [0, 0.05) is 5.56 Å². The first kappa shape index (κ1) is 25.5. The van der Waals surface area contributed by atoms with E-state index in [0.29, 0.717) is 23.7 Å². The molecule has 0 aliphatic carbocycles. The van der Waals surface area contributed by atoms with E-state index in [9.17, 15) is 14.0 Å². The first-order chi connectivity index (χ1) is 16.0. The Morgan fingerprint density at radius 2 is 1.88 bits per heavy atom. The number of aryl methyl sites for hydroxylation is 1. The summed E-state index contributed by atoms with van der Waals surface area (Å²) in [6.07, 6.45) is 1.49. The third-order valence-corrected chi connectivity index (χ3v) is 4.39. The lowest BCUT2D eigenvalue weighted by Gasteiger charge is -2.09. The topological polar surface area (TPSA) is 108 Å². The van der Waals surface area contributed by atoms with Crippen LogP contribution in [0.4, 0.5) is 9.18 Å². The van der Waals surface area contributed by atoms with Gasteiger partial charge in [-0.1, -0.05) is 38.1 Å². The second-order valence-electron chi connectivity index (χ2n) is 6.75. The van der Waals surface area contributed by atoms with Crippen molar-refractivity contribution in [3.8, 4) is 17.0 Å². The van der Waals surface area contributed by atoms with E-state index in [0.717, 1.165) is 16.2 Å². The summed E-state index contributed by atoms with van der Waals surface area (Å²) in [6, 6.07) is 13.9. The highest BCUT2D eigenvalue weighted by molar-refractivity contribution is 6.01. The number of H-pyrrole nitrogens is 1. The lowest BCUT2D eigenvalue weighted by molar-refractivity contribution is -0.125. The van der Waals surface area contributed by atoms with E-state index < -0.39 is 6.03 Å². The van der Waals surface area contributed by atoms with Crippen LogP contribution in [-0.2, 0) is 11.3 Å². The van der Waals surface area contributed by atoms with Crippen molar-refractivity contribution >= 4 is 11.9 Å². The van der Waals surface area contributed by atoms with Gasteiger partial charge in [0.2, 0.25) is 5.91 Å². The first-order valence-electron chi connectivity index (χ1n) is 10.6. The van der Waals surface area contributed by atoms with Crippen molar-refractivity contribution in [1.82, 2.24) is 20.2 Å². The normalized spacial score (nSPS) is 12.3. The molecular formula is C24H29FN4O4. The Kier molecular flexibility index (Phi) is 10.0. The number of carbonyl (C=O) groups is 2. The highest BCUT2D eigenvalue weighted by Crippen LogP contribution is 2.22. The molecule has 3 amide bonds. The molecule has 0 spiro atoms. The molecule has 0 saturated carbocycles. The smallest absolute Gasteiger partial charge is 0.325 e. The highest BCUT2D eigenvalue weighted by Gasteiger charge is 2.29. The Morgan fingerprint density at radius 3 is 2.48 bits per heavy atom. The summed E-state index contributed by atoms with van der Waals surface area (Å²) in [5.74, 6) is 0.576. The predicted molar refractivity (Wildman–Crippen MR) is 123 cm³/mol. The second-order valence-corrected chi connectivity index (χ2v) is 6.75. The van der Waals surface area contributed by atoms with Gasteiger partial charge in [-0.3, -0.25) is 9.69 Å². The van der Waals surface area contributed by atoms with Gasteiger partial charge in [-0.05, 0) is 36.8 Å². The van der Waals surface area contributed by atoms with Gasteiger partial charge in [0.1, 0.15) is 24.0 Å². The molecule has 2 heterocycles. The molecule has 3 N–H and O–H groups in total. The minimum atomic E-state index is -0.445. The van der Waals surface area contributed by atoms with E-state index in [2.05, 4.69) is 15.3 Å². The second kappa shape index (κ2) is 13.0. The van der Waals surface area contributed by atoms with Crippen LogP contribution in [0.25, 0.3) is 11.3 Å². The molecule has 9 heteroatoms. The highest BCUT2D eigenvalue weighted by atomic mass is 19.1. The molecule has 3 aromatic rings. The molecule has 0 atom stereocenters. The van der Waals surface area contributed by atoms with Crippen LogP contribution in [0.3, 0.4) is 0 Å². The molecule has 1 fully saturated rings. The average Bonchev–Trinajstić information content (AvgIpc) is 3.42. The van der Waals surface area contributed by atoms with Gasteiger partial charge in [-0.15, -0.1) is 0 Å². The van der Waals surface area contributed by atoms with Gasteiger partial charge in [0.15, 0.2) is 0 Å². The number of nitrogens with zero attached hydrogens (tertiary/aromatic N) is 2. The number of hydrogen-bond donors (Lipinski definition) is 3. The zero-order valence-corrected chi connectivity index (χ0v) is 19.0. The molecular weight excluding hydrogens is 427 g/mol. The predicted octanol–water partition coefficient (Wildman–Crippen LogP) is 3.66. The quantitative estimate of drug-likeness (QED) is 0.491. The summed E-state index contributed by atoms with van der Waals surface area (Å²) < 4.78 is 19.0. The Morgan fingerprint density at radius 1 is 1.15 bits per heavy atom. The Labute approximate surface area is 192 Å². The van der Waals surface area contributed by atoms with Gasteiger partial charge in [0.25, 0.3) is 0 Å². The molecule has 4 rings (SSSR count). The molecule has 1 aromatic heterocycles. The summed E-state index contributed by atoms with van der Waals surface area (Å²) in [7, 11) is 0. The number of benzene rings is 2. The number of urea groups is 1. The molecule has 176 valence electrons. The number of carbonyl (C=O) groups excluding carboxylic acids is 2. The zero-order chi connectivity index (χ0) is 24.2. The molecule has 1 saturated heterocycles. The van der Waals surface area contributed by atoms with Crippen LogP contribution >= 0.6 is 0 Å². The minimum Gasteiger partial charge on any atom is -0.491 e. The molecule has 0 bridgehead atoms. The lowest BCUT2D eigenvalue weighted by Crippen LogP contribution is -2.30. The Balaban J connectivity index is 0.000000270. The average molecular weight is 457 g/mol. The van der Waals surface area contributed by atoms with Crippen LogP contribution in [0.15, 0.2) is 54.7 Å². The number of amides is 3. The maximum atomic E-state index is 13.9. The first-order valence-corrected chi connectivity index (χ1v) is 10.6. The number of halogens is 1. The standard InChI is InChI=1S/C14H13FN4O2.C8H10O2.C2H6/c1-8-2-3-9(10(15)4-8)11-5-16-12(18-11)7-19-13(20)6-17-14(19)21;9-6-7-10-8-4-2-1-3-5-8;1-2/h2-5H,6-7H2,1H3,(H,16,18)(H,17,21);1-5,9H,6-7H2;1-2H3. The van der Waals surface area contributed by atoms with Gasteiger partial charge < -0.3 is 20.1 Å². The lowest BCUT2D eigenvalue weighted by atomic mass is 10.1. The van der Waals surface area contributed by atoms with E-state index in [1.165, 1.54) is 12.3 Å². The summed E-state index contributed by atoms with van der Waals surface area (Å²) in [5.41, 5.74) is 1.74. The van der Waals surface area contributed by atoms with Gasteiger partial charge >= 0.3 is 6.03 Å². The van der Waals surface area contributed by atoms with Crippen molar-refractivity contribution in [2.45, 2.75) is 27.3 Å². The number of nitrogens with one attached hydrogen (secondary N) is 2. The maximum Gasteiger partial charge on any atom is 0.325 e. The molecule has 2 aromatic carbocycles. The maximum absolute atomic E-state index is 13.9. The van der Waals surface area contributed by atoms with Crippen molar-refractivity contribution < 1.29 is 23.8 Å². The fraction of sp³-hybridized carbons (Fsp3) is 0.292. The van der Waals surface area contributed by atoms with Gasteiger partial charge in [-0.25, -0.2) is 14.2 Å². The number of para-hydroxylation sites is 1. The van der Waals surface area contributed by atoms with Crippen LogP contribution in [0.2, 0.25) is 0 Å². The largest absolute Gasteiger partial charge is 0.491 e. The molecule has 1 aliphatic rings. The van der Waals surface area contributed by atoms with E-state index in [4.69, 9.17) is 9.84 Å². The summed E-state index contributed by atoms with van der Waals surface area (Å²) in [6.45, 7) is 6.28. The number of aromatic amines is 1. The fourth-order valence-corrected chi connectivity index (χ4v) is 2.86. The van der Waals surface area contributed by atoms with Gasteiger partial charge in [0.05, 0.1) is 31.6 Å². The molecule has 0 radical (unpaired) electrons. The van der Waals surface area contributed by atoms with Crippen molar-refractivity contribution in [3.05, 3.63) is 71.9 Å². The Bertz CT molecular complexity index is 1020. The van der Waals surface area contributed by atoms with Crippen molar-refractivity contribution in [2.24, 2.45) is 0 Å². The number of hydrogen-bond acceptors (Lipinski definition) is 5. The minimum absolute atomic E-state index is 0.00100. The number of rotatable bonds is 6. The van der Waals surface area contributed by atoms with E-state index >= 15 is 0 Å². The molecule has 8 nitrogen and oxygen atoms in total. The van der Waals surface area contributed by atoms with Crippen molar-refractivity contribution in [2.75, 3.05) is 19.8 Å². The number of aliphatic hydroxyl groups excluding tert-OH is 1. The SMILES string of the molecule is CC.Cc1ccc(-c2cnc(CN3C(=O)CNC3=O)[nH]2)c(F)c1.OCCOc1ccccc1. The summed E-state index contributed by atoms with van der Waals surface area (Å²) in [5, 5.41) is 10.8. The third-order valence-electron chi connectivity index (χ3n) is 4.39. The van der Waals surface area contributed by atoms with Crippen molar-refractivity contribution in [3.63, 3.8) is 0 Å². The van der Waals surface area contributed by atoms with Crippen LogP contribution in [0.1, 0.15) is 25.2 Å². The number of ether oxygens (including phenoxy) is 1. The summed E-state index contributed by atoms with van der Waals surface area (Å²) in [4.78, 5) is 31.0. The van der Waals surface area contributed by atoms with Crippen LogP contribution in [0.5, 0.6) is 5.75 Å². The molecule has 0 unspecified atom stereocenters. The van der Waals surface area contributed by atoms with E-state index in [1.54, 1.807) is 12.1 Å².